The summed E-state index contributed by atoms with van der Waals surface area (Å²) < 4.78 is 14.4. The maximum Gasteiger partial charge on any atom is 0.246 e. The van der Waals surface area contributed by atoms with Crippen molar-refractivity contribution in [1.82, 2.24) is 4.90 Å². The fourth-order valence-electron chi connectivity index (χ4n) is 2.28. The van der Waals surface area contributed by atoms with Crippen LogP contribution in [0.25, 0.3) is 6.08 Å². The Kier molecular flexibility index (Phi) is 3.92. The van der Waals surface area contributed by atoms with Gasteiger partial charge in [0.05, 0.1) is 0 Å². The number of hydrogen-bond acceptors (Lipinski definition) is 1. The van der Waals surface area contributed by atoms with Crippen molar-refractivity contribution in [2.75, 3.05) is 6.54 Å². The summed E-state index contributed by atoms with van der Waals surface area (Å²) in [6, 6.07) is 5.15. The van der Waals surface area contributed by atoms with Crippen LogP contribution in [-0.2, 0) is 4.79 Å². The number of nitrogens with zero attached hydrogens (tertiary/aromatic N) is 1. The predicted octanol–water partition coefficient (Wildman–Crippen LogP) is 4.00. The van der Waals surface area contributed by atoms with Gasteiger partial charge in [0, 0.05) is 28.7 Å². The van der Waals surface area contributed by atoms with E-state index in [0.29, 0.717) is 17.5 Å². The molecule has 4 heteroatoms. The number of rotatable bonds is 5. The van der Waals surface area contributed by atoms with Gasteiger partial charge in [-0.2, -0.15) is 0 Å². The van der Waals surface area contributed by atoms with Crippen LogP contribution in [0.4, 0.5) is 4.39 Å². The maximum absolute atomic E-state index is 13.6. The van der Waals surface area contributed by atoms with E-state index in [9.17, 15) is 9.18 Å². The van der Waals surface area contributed by atoms with Crippen LogP contribution in [0.2, 0.25) is 0 Å². The molecule has 20 heavy (non-hydrogen) atoms. The molecule has 2 saturated carbocycles. The van der Waals surface area contributed by atoms with Crippen molar-refractivity contribution >= 4 is 27.9 Å². The van der Waals surface area contributed by atoms with Crippen molar-refractivity contribution in [3.05, 3.63) is 40.1 Å². The summed E-state index contributed by atoms with van der Waals surface area (Å²) in [5.74, 6) is 0.395. The normalized spacial score (nSPS) is 18.5. The molecular formula is C16H17BrFNO. The molecule has 2 aliphatic carbocycles. The average molecular weight is 338 g/mol. The van der Waals surface area contributed by atoms with Crippen LogP contribution in [0, 0.1) is 11.7 Å². The molecule has 1 amide bonds. The van der Waals surface area contributed by atoms with Gasteiger partial charge in [-0.25, -0.2) is 4.39 Å². The lowest BCUT2D eigenvalue weighted by molar-refractivity contribution is -0.126. The summed E-state index contributed by atoms with van der Waals surface area (Å²) in [6.45, 7) is 0.870. The van der Waals surface area contributed by atoms with Crippen LogP contribution >= 0.6 is 15.9 Å². The van der Waals surface area contributed by atoms with Gasteiger partial charge in [0.2, 0.25) is 5.91 Å². The van der Waals surface area contributed by atoms with E-state index in [-0.39, 0.29) is 11.7 Å². The molecule has 0 N–H and O–H groups in total. The van der Waals surface area contributed by atoms with E-state index in [2.05, 4.69) is 15.9 Å². The topological polar surface area (TPSA) is 20.3 Å². The average Bonchev–Trinajstić information content (AvgIpc) is 3.28. The van der Waals surface area contributed by atoms with E-state index in [0.717, 1.165) is 23.9 Å². The number of halogens is 2. The van der Waals surface area contributed by atoms with Gasteiger partial charge >= 0.3 is 0 Å². The molecule has 0 spiro atoms. The largest absolute Gasteiger partial charge is 0.336 e. The molecule has 0 heterocycles. The van der Waals surface area contributed by atoms with E-state index in [1.165, 1.54) is 25.0 Å². The molecule has 2 aliphatic rings. The standard InChI is InChI=1S/C16H17BrFNO/c17-13-4-7-15(18)12(9-13)3-8-16(20)19(14-5-6-14)10-11-1-2-11/h3-4,7-9,11,14H,1-2,5-6,10H2/b8-3+. The zero-order valence-electron chi connectivity index (χ0n) is 11.2. The highest BCUT2D eigenvalue weighted by atomic mass is 79.9. The zero-order valence-corrected chi connectivity index (χ0v) is 12.8. The van der Waals surface area contributed by atoms with Crippen molar-refractivity contribution < 1.29 is 9.18 Å². The van der Waals surface area contributed by atoms with Crippen molar-refractivity contribution in [2.45, 2.75) is 31.7 Å². The SMILES string of the molecule is O=C(/C=C/c1cc(Br)ccc1F)N(CC1CC1)C1CC1. The van der Waals surface area contributed by atoms with Crippen molar-refractivity contribution in [3.63, 3.8) is 0 Å². The Morgan fingerprint density at radius 3 is 2.75 bits per heavy atom. The fraction of sp³-hybridized carbons (Fsp3) is 0.438. The molecule has 1 aromatic rings. The molecular weight excluding hydrogens is 321 g/mol. The highest BCUT2D eigenvalue weighted by molar-refractivity contribution is 9.10. The molecule has 0 atom stereocenters. The Labute approximate surface area is 126 Å². The Morgan fingerprint density at radius 2 is 2.10 bits per heavy atom. The summed E-state index contributed by atoms with van der Waals surface area (Å²) >= 11 is 3.31. The van der Waals surface area contributed by atoms with Crippen LogP contribution in [0.1, 0.15) is 31.2 Å². The Morgan fingerprint density at radius 1 is 1.35 bits per heavy atom. The molecule has 0 unspecified atom stereocenters. The summed E-state index contributed by atoms with van der Waals surface area (Å²) in [5, 5.41) is 0. The van der Waals surface area contributed by atoms with Gasteiger partial charge in [0.1, 0.15) is 5.82 Å². The smallest absolute Gasteiger partial charge is 0.246 e. The molecule has 106 valence electrons. The van der Waals surface area contributed by atoms with Crippen molar-refractivity contribution in [3.8, 4) is 0 Å². The Hall–Kier alpha value is -1.16. The minimum Gasteiger partial charge on any atom is -0.336 e. The first-order chi connectivity index (χ1) is 9.63. The first-order valence-corrected chi connectivity index (χ1v) is 7.86. The lowest BCUT2D eigenvalue weighted by Crippen LogP contribution is -2.33. The summed E-state index contributed by atoms with van der Waals surface area (Å²) in [4.78, 5) is 14.2. The second kappa shape index (κ2) is 5.68. The molecule has 0 bridgehead atoms. The van der Waals surface area contributed by atoms with Gasteiger partial charge in [-0.15, -0.1) is 0 Å². The van der Waals surface area contributed by atoms with Gasteiger partial charge in [0.15, 0.2) is 0 Å². The first kappa shape index (κ1) is 13.8. The second-order valence-electron chi connectivity index (χ2n) is 5.66. The Bertz CT molecular complexity index is 549. The zero-order chi connectivity index (χ0) is 14.1. The Balaban J connectivity index is 1.69. The van der Waals surface area contributed by atoms with Gasteiger partial charge in [-0.1, -0.05) is 15.9 Å². The number of hydrogen-bond donors (Lipinski definition) is 0. The molecule has 3 rings (SSSR count). The number of carbonyl (C=O) groups excluding carboxylic acids is 1. The number of benzene rings is 1. The van der Waals surface area contributed by atoms with Gasteiger partial charge in [-0.05, 0) is 55.9 Å². The number of carbonyl (C=O) groups is 1. The number of amides is 1. The summed E-state index contributed by atoms with van der Waals surface area (Å²) in [6.07, 6.45) is 7.77. The van der Waals surface area contributed by atoms with E-state index in [4.69, 9.17) is 0 Å². The van der Waals surface area contributed by atoms with Crippen LogP contribution in [0.5, 0.6) is 0 Å². The summed E-state index contributed by atoms with van der Waals surface area (Å²) in [7, 11) is 0. The predicted molar refractivity (Wildman–Crippen MR) is 80.6 cm³/mol. The third-order valence-corrected chi connectivity index (χ3v) is 4.28. The van der Waals surface area contributed by atoms with E-state index in [1.807, 2.05) is 4.90 Å². The molecule has 0 saturated heterocycles. The van der Waals surface area contributed by atoms with Gasteiger partial charge < -0.3 is 4.90 Å². The third kappa shape index (κ3) is 3.48. The molecule has 0 aromatic heterocycles. The maximum atomic E-state index is 13.6. The highest BCUT2D eigenvalue weighted by Gasteiger charge is 2.35. The van der Waals surface area contributed by atoms with E-state index < -0.39 is 0 Å². The van der Waals surface area contributed by atoms with Crippen LogP contribution in [-0.4, -0.2) is 23.4 Å². The monoisotopic (exact) mass is 337 g/mol. The minimum atomic E-state index is -0.308. The van der Waals surface area contributed by atoms with Gasteiger partial charge in [-0.3, -0.25) is 4.79 Å². The van der Waals surface area contributed by atoms with Crippen LogP contribution < -0.4 is 0 Å². The summed E-state index contributed by atoms with van der Waals surface area (Å²) in [5.41, 5.74) is 0.440. The third-order valence-electron chi connectivity index (χ3n) is 3.79. The second-order valence-corrected chi connectivity index (χ2v) is 6.58. The van der Waals surface area contributed by atoms with Crippen molar-refractivity contribution in [2.24, 2.45) is 5.92 Å². The van der Waals surface area contributed by atoms with Gasteiger partial charge in [0.25, 0.3) is 0 Å². The van der Waals surface area contributed by atoms with Crippen molar-refractivity contribution in [1.29, 1.82) is 0 Å². The quantitative estimate of drug-likeness (QED) is 0.743. The van der Waals surface area contributed by atoms with Crippen LogP contribution in [0.3, 0.4) is 0 Å². The van der Waals surface area contributed by atoms with E-state index >= 15 is 0 Å². The minimum absolute atomic E-state index is 0.0128. The molecule has 2 fully saturated rings. The van der Waals surface area contributed by atoms with E-state index in [1.54, 1.807) is 18.2 Å². The highest BCUT2D eigenvalue weighted by Crippen LogP contribution is 2.35. The first-order valence-electron chi connectivity index (χ1n) is 7.07. The molecule has 2 nitrogen and oxygen atoms in total. The molecule has 0 aliphatic heterocycles. The molecule has 1 aromatic carbocycles. The lowest BCUT2D eigenvalue weighted by atomic mass is 10.2. The fourth-order valence-corrected chi connectivity index (χ4v) is 2.66. The van der Waals surface area contributed by atoms with Crippen LogP contribution in [0.15, 0.2) is 28.7 Å². The molecule has 0 radical (unpaired) electrons. The lowest BCUT2D eigenvalue weighted by Gasteiger charge is -2.20.